The molecule has 1 aromatic rings. The van der Waals surface area contributed by atoms with Crippen LogP contribution in [0.15, 0.2) is 18.2 Å². The summed E-state index contributed by atoms with van der Waals surface area (Å²) in [7, 11) is 0. The van der Waals surface area contributed by atoms with Crippen LogP contribution in [-0.2, 0) is 0 Å². The summed E-state index contributed by atoms with van der Waals surface area (Å²) in [6.07, 6.45) is 4.00. The van der Waals surface area contributed by atoms with Crippen LogP contribution in [0.5, 0.6) is 5.75 Å². The third kappa shape index (κ3) is 2.19. The van der Waals surface area contributed by atoms with E-state index in [4.69, 9.17) is 22.1 Å². The van der Waals surface area contributed by atoms with Crippen molar-refractivity contribution < 1.29 is 4.74 Å². The predicted octanol–water partition coefficient (Wildman–Crippen LogP) is 4.95. The summed E-state index contributed by atoms with van der Waals surface area (Å²) in [6, 6.07) is 5.92. The van der Waals surface area contributed by atoms with Crippen LogP contribution in [0.4, 0.5) is 0 Å². The maximum Gasteiger partial charge on any atom is 0.138 e. The van der Waals surface area contributed by atoms with Gasteiger partial charge >= 0.3 is 0 Å². The smallest absolute Gasteiger partial charge is 0.138 e. The average Bonchev–Trinajstić information content (AvgIpc) is 2.74. The molecule has 0 aromatic heterocycles. The molecule has 3 rings (SSSR count). The fourth-order valence-corrected chi connectivity index (χ4v) is 4.59. The molecular formula is C18H26ClNO. The second kappa shape index (κ2) is 4.89. The molecule has 2 saturated carbocycles. The van der Waals surface area contributed by atoms with Crippen molar-refractivity contribution in [3.8, 4) is 5.75 Å². The first-order valence-corrected chi connectivity index (χ1v) is 8.35. The van der Waals surface area contributed by atoms with Gasteiger partial charge in [0.25, 0.3) is 0 Å². The minimum absolute atomic E-state index is 0.00417. The molecule has 21 heavy (non-hydrogen) atoms. The number of halogens is 1. The lowest BCUT2D eigenvalue weighted by atomic mass is 9.70. The number of hydrogen-bond donors (Lipinski definition) is 1. The van der Waals surface area contributed by atoms with Crippen molar-refractivity contribution in [3.05, 3.63) is 28.8 Å². The number of ether oxygens (including phenoxy) is 1. The van der Waals surface area contributed by atoms with Crippen LogP contribution in [0.2, 0.25) is 5.02 Å². The van der Waals surface area contributed by atoms with Gasteiger partial charge in [-0.05, 0) is 55.2 Å². The van der Waals surface area contributed by atoms with Gasteiger partial charge in [0.2, 0.25) is 0 Å². The fraction of sp³-hybridized carbons (Fsp3) is 0.667. The van der Waals surface area contributed by atoms with Crippen molar-refractivity contribution >= 4 is 11.6 Å². The molecule has 0 amide bonds. The van der Waals surface area contributed by atoms with E-state index in [0.717, 1.165) is 23.7 Å². The molecule has 0 heterocycles. The van der Waals surface area contributed by atoms with Crippen molar-refractivity contribution in [1.82, 2.24) is 0 Å². The highest BCUT2D eigenvalue weighted by Crippen LogP contribution is 2.66. The van der Waals surface area contributed by atoms with E-state index in [0.29, 0.717) is 10.4 Å². The van der Waals surface area contributed by atoms with E-state index in [9.17, 15) is 0 Å². The Hall–Kier alpha value is -0.730. The van der Waals surface area contributed by atoms with Crippen LogP contribution < -0.4 is 10.5 Å². The maximum atomic E-state index is 6.39. The lowest BCUT2D eigenvalue weighted by Gasteiger charge is -2.39. The maximum absolute atomic E-state index is 6.39. The summed E-state index contributed by atoms with van der Waals surface area (Å²) in [5, 5.41) is 0.675. The minimum atomic E-state index is -0.00417. The molecule has 2 N–H and O–H groups in total. The zero-order chi connectivity index (χ0) is 15.4. The summed E-state index contributed by atoms with van der Waals surface area (Å²) >= 11 is 6.39. The van der Waals surface area contributed by atoms with Crippen LogP contribution in [-0.4, -0.2) is 6.10 Å². The summed E-state index contributed by atoms with van der Waals surface area (Å²) in [6.45, 7) is 9.14. The number of fused-ring (bicyclic) bond motifs is 2. The van der Waals surface area contributed by atoms with E-state index in [1.54, 1.807) is 0 Å². The third-order valence-corrected chi connectivity index (χ3v) is 6.76. The third-order valence-electron chi connectivity index (χ3n) is 6.46. The molecule has 3 heteroatoms. The van der Waals surface area contributed by atoms with Gasteiger partial charge in [0.1, 0.15) is 11.9 Å². The Morgan fingerprint density at radius 2 is 2.05 bits per heavy atom. The van der Waals surface area contributed by atoms with Gasteiger partial charge < -0.3 is 10.5 Å². The standard InChI is InChI=1S/C18H26ClNO/c1-11(20)12-5-6-15(14(19)9-12)21-16-10-13-7-8-18(16,4)17(13,2)3/h5-6,9,11,13,16H,7-8,10,20H2,1-4H3/t11-,13?,16?,18?/m1/s1. The molecule has 3 unspecified atom stereocenters. The molecule has 116 valence electrons. The van der Waals surface area contributed by atoms with E-state index < -0.39 is 0 Å². The average molecular weight is 308 g/mol. The number of benzene rings is 1. The Kier molecular flexibility index (Phi) is 3.53. The van der Waals surface area contributed by atoms with Crippen LogP contribution in [0.3, 0.4) is 0 Å². The molecule has 0 radical (unpaired) electrons. The Bertz CT molecular complexity index is 554. The van der Waals surface area contributed by atoms with Gasteiger partial charge in [0, 0.05) is 11.5 Å². The van der Waals surface area contributed by atoms with E-state index in [1.807, 2.05) is 25.1 Å². The minimum Gasteiger partial charge on any atom is -0.488 e. The van der Waals surface area contributed by atoms with Gasteiger partial charge in [0.05, 0.1) is 5.02 Å². The molecule has 2 bridgehead atoms. The van der Waals surface area contributed by atoms with Crippen LogP contribution in [0.1, 0.15) is 58.6 Å². The Morgan fingerprint density at radius 3 is 2.52 bits per heavy atom. The molecular weight excluding hydrogens is 282 g/mol. The number of rotatable bonds is 3. The SMILES string of the molecule is C[C@@H](N)c1ccc(OC2CC3CCC2(C)C3(C)C)c(Cl)c1. The zero-order valence-corrected chi connectivity index (χ0v) is 14.2. The van der Waals surface area contributed by atoms with E-state index >= 15 is 0 Å². The molecule has 2 fully saturated rings. The van der Waals surface area contributed by atoms with Crippen LogP contribution in [0.25, 0.3) is 0 Å². The van der Waals surface area contributed by atoms with Gasteiger partial charge in [-0.3, -0.25) is 0 Å². The Morgan fingerprint density at radius 1 is 1.33 bits per heavy atom. The predicted molar refractivity (Wildman–Crippen MR) is 87.7 cm³/mol. The molecule has 2 nitrogen and oxygen atoms in total. The highest BCUT2D eigenvalue weighted by molar-refractivity contribution is 6.32. The van der Waals surface area contributed by atoms with Gasteiger partial charge in [-0.1, -0.05) is 38.4 Å². The Balaban J connectivity index is 1.83. The lowest BCUT2D eigenvalue weighted by molar-refractivity contribution is 0.0302. The number of hydrogen-bond acceptors (Lipinski definition) is 2. The molecule has 2 aliphatic carbocycles. The zero-order valence-electron chi connectivity index (χ0n) is 13.4. The second-order valence-corrected chi connectivity index (χ2v) is 8.10. The van der Waals surface area contributed by atoms with Crippen LogP contribution >= 0.6 is 11.6 Å². The van der Waals surface area contributed by atoms with E-state index in [-0.39, 0.29) is 17.6 Å². The quantitative estimate of drug-likeness (QED) is 0.857. The van der Waals surface area contributed by atoms with E-state index in [2.05, 4.69) is 20.8 Å². The molecule has 4 atom stereocenters. The topological polar surface area (TPSA) is 35.2 Å². The second-order valence-electron chi connectivity index (χ2n) is 7.70. The lowest BCUT2D eigenvalue weighted by Crippen LogP contribution is -2.38. The first-order valence-electron chi connectivity index (χ1n) is 7.97. The van der Waals surface area contributed by atoms with Gasteiger partial charge in [-0.2, -0.15) is 0 Å². The highest BCUT2D eigenvalue weighted by atomic mass is 35.5. The monoisotopic (exact) mass is 307 g/mol. The summed E-state index contributed by atoms with van der Waals surface area (Å²) in [4.78, 5) is 0. The molecule has 0 aliphatic heterocycles. The fourth-order valence-electron chi connectivity index (χ4n) is 4.36. The summed E-state index contributed by atoms with van der Waals surface area (Å²) in [5.74, 6) is 1.57. The molecule has 1 aromatic carbocycles. The number of nitrogens with two attached hydrogens (primary N) is 1. The van der Waals surface area contributed by atoms with Gasteiger partial charge in [-0.15, -0.1) is 0 Å². The Labute approximate surface area is 133 Å². The van der Waals surface area contributed by atoms with Crippen molar-refractivity contribution in [2.75, 3.05) is 0 Å². The van der Waals surface area contributed by atoms with Crippen molar-refractivity contribution in [1.29, 1.82) is 0 Å². The van der Waals surface area contributed by atoms with E-state index in [1.165, 1.54) is 12.8 Å². The van der Waals surface area contributed by atoms with Crippen molar-refractivity contribution in [2.45, 2.75) is 59.1 Å². The van der Waals surface area contributed by atoms with Gasteiger partial charge in [-0.25, -0.2) is 0 Å². The first-order chi connectivity index (χ1) is 9.75. The normalized spacial score (nSPS) is 35.0. The first kappa shape index (κ1) is 15.2. The van der Waals surface area contributed by atoms with Crippen molar-refractivity contribution in [2.24, 2.45) is 22.5 Å². The summed E-state index contributed by atoms with van der Waals surface area (Å²) in [5.41, 5.74) is 7.56. The summed E-state index contributed by atoms with van der Waals surface area (Å²) < 4.78 is 6.34. The van der Waals surface area contributed by atoms with Crippen molar-refractivity contribution in [3.63, 3.8) is 0 Å². The molecule has 0 saturated heterocycles. The van der Waals surface area contributed by atoms with Gasteiger partial charge in [0.15, 0.2) is 0 Å². The molecule has 0 spiro atoms. The largest absolute Gasteiger partial charge is 0.488 e. The molecule has 2 aliphatic rings. The van der Waals surface area contributed by atoms with Crippen LogP contribution in [0, 0.1) is 16.7 Å². The highest BCUT2D eigenvalue weighted by Gasteiger charge is 2.62.